The maximum atomic E-state index is 12.3. The summed E-state index contributed by atoms with van der Waals surface area (Å²) in [5, 5.41) is 14.6. The zero-order chi connectivity index (χ0) is 18.5. The topological polar surface area (TPSA) is 84.0 Å². The van der Waals surface area contributed by atoms with Crippen LogP contribution < -0.4 is 10.6 Å². The summed E-state index contributed by atoms with van der Waals surface area (Å²) in [6.45, 7) is 3.48. The molecule has 26 heavy (non-hydrogen) atoms. The summed E-state index contributed by atoms with van der Waals surface area (Å²) < 4.78 is 0. The Labute approximate surface area is 155 Å². The molecule has 132 valence electrons. The molecule has 0 bridgehead atoms. The molecule has 2 N–H and O–H groups in total. The van der Waals surface area contributed by atoms with Crippen LogP contribution in [0.3, 0.4) is 0 Å². The van der Waals surface area contributed by atoms with E-state index in [2.05, 4.69) is 20.8 Å². The summed E-state index contributed by atoms with van der Waals surface area (Å²) in [5.74, 6) is -0.629. The minimum Gasteiger partial charge on any atom is -0.341 e. The van der Waals surface area contributed by atoms with Crippen LogP contribution in [0.15, 0.2) is 54.6 Å². The molecule has 0 radical (unpaired) electrons. The van der Waals surface area contributed by atoms with Gasteiger partial charge in [-0.3, -0.25) is 14.9 Å². The molecule has 1 aromatic heterocycles. The van der Waals surface area contributed by atoms with Gasteiger partial charge in [-0.25, -0.2) is 0 Å². The average Bonchev–Trinajstić information content (AvgIpc) is 3.11. The zero-order valence-electron chi connectivity index (χ0n) is 14.4. The maximum absolute atomic E-state index is 12.3. The summed E-state index contributed by atoms with van der Waals surface area (Å²) in [7, 11) is 0. The third kappa shape index (κ3) is 4.12. The van der Waals surface area contributed by atoms with Gasteiger partial charge in [0.25, 0.3) is 5.91 Å². The predicted octanol–water partition coefficient (Wildman–Crippen LogP) is 3.27. The van der Waals surface area contributed by atoms with Crippen LogP contribution in [0.4, 0.5) is 5.13 Å². The number of rotatable bonds is 5. The molecule has 0 spiro atoms. The summed E-state index contributed by atoms with van der Waals surface area (Å²) in [5.41, 5.74) is 2.34. The molecule has 0 fully saturated rings. The number of hydrogen-bond donors (Lipinski definition) is 2. The third-order valence-electron chi connectivity index (χ3n) is 3.81. The average molecular weight is 366 g/mol. The molecule has 0 aliphatic rings. The van der Waals surface area contributed by atoms with E-state index in [1.54, 1.807) is 19.1 Å². The van der Waals surface area contributed by atoms with E-state index in [1.807, 2.05) is 49.4 Å². The van der Waals surface area contributed by atoms with E-state index in [1.165, 1.54) is 11.3 Å². The molecule has 3 rings (SSSR count). The van der Waals surface area contributed by atoms with E-state index >= 15 is 0 Å². The van der Waals surface area contributed by atoms with Gasteiger partial charge >= 0.3 is 0 Å². The predicted molar refractivity (Wildman–Crippen MR) is 102 cm³/mol. The maximum Gasteiger partial charge on any atom is 0.252 e. The number of hydrogen-bond acceptors (Lipinski definition) is 5. The monoisotopic (exact) mass is 366 g/mol. The van der Waals surface area contributed by atoms with Crippen molar-refractivity contribution < 1.29 is 9.59 Å². The van der Waals surface area contributed by atoms with Crippen LogP contribution in [-0.4, -0.2) is 28.1 Å². The minimum atomic E-state index is -0.703. The van der Waals surface area contributed by atoms with Gasteiger partial charge in [0.2, 0.25) is 11.0 Å². The molecular weight excluding hydrogens is 348 g/mol. The van der Waals surface area contributed by atoms with Gasteiger partial charge < -0.3 is 5.32 Å². The van der Waals surface area contributed by atoms with Gasteiger partial charge in [0.05, 0.1) is 0 Å². The number of nitrogens with one attached hydrogen (secondary N) is 2. The van der Waals surface area contributed by atoms with Crippen LogP contribution >= 0.6 is 11.3 Å². The normalized spacial score (nSPS) is 11.6. The minimum absolute atomic E-state index is 0.284. The fraction of sp³-hybridized carbons (Fsp3) is 0.158. The van der Waals surface area contributed by atoms with Crippen molar-refractivity contribution in [2.75, 3.05) is 5.32 Å². The molecule has 0 aliphatic carbocycles. The molecule has 7 heteroatoms. The number of aromatic nitrogens is 2. The number of nitrogens with zero attached hydrogens (tertiary/aromatic N) is 2. The lowest BCUT2D eigenvalue weighted by Crippen LogP contribution is -2.41. The van der Waals surface area contributed by atoms with E-state index < -0.39 is 6.04 Å². The Hall–Kier alpha value is -3.06. The van der Waals surface area contributed by atoms with E-state index in [4.69, 9.17) is 0 Å². The molecule has 0 saturated carbocycles. The molecule has 0 unspecified atom stereocenters. The first-order valence-electron chi connectivity index (χ1n) is 8.11. The van der Waals surface area contributed by atoms with Crippen molar-refractivity contribution >= 4 is 28.3 Å². The molecule has 2 aromatic carbocycles. The van der Waals surface area contributed by atoms with Gasteiger partial charge in [-0.1, -0.05) is 59.9 Å². The van der Waals surface area contributed by atoms with Crippen molar-refractivity contribution in [1.29, 1.82) is 0 Å². The molecule has 1 atom stereocenters. The van der Waals surface area contributed by atoms with Gasteiger partial charge in [0.1, 0.15) is 11.0 Å². The summed E-state index contributed by atoms with van der Waals surface area (Å²) in [6.07, 6.45) is 0. The highest BCUT2D eigenvalue weighted by atomic mass is 32.1. The fourth-order valence-corrected chi connectivity index (χ4v) is 3.10. The highest BCUT2D eigenvalue weighted by Crippen LogP contribution is 2.25. The van der Waals surface area contributed by atoms with Crippen LogP contribution in [0.25, 0.3) is 10.6 Å². The van der Waals surface area contributed by atoms with Crippen LogP contribution in [-0.2, 0) is 4.79 Å². The van der Waals surface area contributed by atoms with Crippen LogP contribution in [0.5, 0.6) is 0 Å². The van der Waals surface area contributed by atoms with E-state index in [9.17, 15) is 9.59 Å². The Morgan fingerprint density at radius 3 is 2.42 bits per heavy atom. The van der Waals surface area contributed by atoms with E-state index in [0.717, 1.165) is 16.1 Å². The SMILES string of the molecule is Cc1ccccc1C(=O)N[C@H](C)C(=O)Nc1nnc(-c2ccccc2)s1. The highest BCUT2D eigenvalue weighted by molar-refractivity contribution is 7.18. The van der Waals surface area contributed by atoms with E-state index in [-0.39, 0.29) is 11.8 Å². The van der Waals surface area contributed by atoms with Gasteiger partial charge in [-0.05, 0) is 25.5 Å². The number of anilines is 1. The van der Waals surface area contributed by atoms with Crippen LogP contribution in [0.1, 0.15) is 22.8 Å². The Balaban J connectivity index is 1.62. The van der Waals surface area contributed by atoms with Crippen molar-refractivity contribution in [1.82, 2.24) is 15.5 Å². The molecule has 0 saturated heterocycles. The number of benzene rings is 2. The lowest BCUT2D eigenvalue weighted by Gasteiger charge is -2.13. The van der Waals surface area contributed by atoms with Gasteiger partial charge in [0, 0.05) is 11.1 Å². The zero-order valence-corrected chi connectivity index (χ0v) is 15.2. The van der Waals surface area contributed by atoms with Crippen molar-refractivity contribution in [3.8, 4) is 10.6 Å². The van der Waals surface area contributed by atoms with Gasteiger partial charge in [0.15, 0.2) is 0 Å². The standard InChI is InChI=1S/C19H18N4O2S/c1-12-8-6-7-11-15(12)17(25)20-13(2)16(24)21-19-23-22-18(26-19)14-9-4-3-5-10-14/h3-11,13H,1-2H3,(H,20,25)(H,21,23,24)/t13-/m1/s1. The second kappa shape index (κ2) is 7.88. The number of carbonyl (C=O) groups is 2. The third-order valence-corrected chi connectivity index (χ3v) is 4.69. The molecular formula is C19H18N4O2S. The van der Waals surface area contributed by atoms with Crippen molar-refractivity contribution in [2.45, 2.75) is 19.9 Å². The summed E-state index contributed by atoms with van der Waals surface area (Å²) in [4.78, 5) is 24.6. The lowest BCUT2D eigenvalue weighted by molar-refractivity contribution is -0.117. The lowest BCUT2D eigenvalue weighted by atomic mass is 10.1. The highest BCUT2D eigenvalue weighted by Gasteiger charge is 2.19. The molecule has 6 nitrogen and oxygen atoms in total. The second-order valence-corrected chi connectivity index (χ2v) is 6.76. The van der Waals surface area contributed by atoms with Gasteiger partial charge in [-0.2, -0.15) is 0 Å². The summed E-state index contributed by atoms with van der Waals surface area (Å²) in [6, 6.07) is 16.1. The first-order chi connectivity index (χ1) is 12.5. The molecule has 2 amide bonds. The molecule has 1 heterocycles. The van der Waals surface area contributed by atoms with Crippen molar-refractivity contribution in [3.63, 3.8) is 0 Å². The second-order valence-electron chi connectivity index (χ2n) is 5.78. The van der Waals surface area contributed by atoms with Gasteiger partial charge in [-0.15, -0.1) is 10.2 Å². The Morgan fingerprint density at radius 2 is 1.69 bits per heavy atom. The Kier molecular flexibility index (Phi) is 5.38. The number of aryl methyl sites for hydroxylation is 1. The largest absolute Gasteiger partial charge is 0.341 e. The Bertz CT molecular complexity index is 924. The van der Waals surface area contributed by atoms with Crippen LogP contribution in [0.2, 0.25) is 0 Å². The van der Waals surface area contributed by atoms with E-state index in [0.29, 0.717) is 10.7 Å². The number of carbonyl (C=O) groups excluding carboxylic acids is 2. The van der Waals surface area contributed by atoms with Crippen molar-refractivity contribution in [3.05, 3.63) is 65.7 Å². The molecule has 0 aliphatic heterocycles. The van der Waals surface area contributed by atoms with Crippen molar-refractivity contribution in [2.24, 2.45) is 0 Å². The first kappa shape index (κ1) is 17.8. The van der Waals surface area contributed by atoms with Crippen LogP contribution in [0, 0.1) is 6.92 Å². The Morgan fingerprint density at radius 1 is 1.00 bits per heavy atom. The quantitative estimate of drug-likeness (QED) is 0.726. The smallest absolute Gasteiger partial charge is 0.252 e. The summed E-state index contributed by atoms with van der Waals surface area (Å²) >= 11 is 1.28. The first-order valence-corrected chi connectivity index (χ1v) is 8.92. The molecule has 3 aromatic rings. The fourth-order valence-electron chi connectivity index (χ4n) is 2.35. The number of amides is 2.